The molecule has 0 atom stereocenters. The lowest BCUT2D eigenvalue weighted by molar-refractivity contribution is -0.117. The van der Waals surface area contributed by atoms with Gasteiger partial charge in [0.1, 0.15) is 16.2 Å². The molecule has 1 fully saturated rings. The maximum atomic E-state index is 12.9. The van der Waals surface area contributed by atoms with Crippen molar-refractivity contribution in [3.63, 3.8) is 0 Å². The maximum Gasteiger partial charge on any atom is 0.353 e. The van der Waals surface area contributed by atoms with Crippen molar-refractivity contribution in [2.45, 2.75) is 6.92 Å². The van der Waals surface area contributed by atoms with Crippen LogP contribution < -0.4 is 15.2 Å². The molecule has 1 aromatic heterocycles. The van der Waals surface area contributed by atoms with Crippen LogP contribution in [-0.2, 0) is 14.3 Å². The lowest BCUT2D eigenvalue weighted by atomic mass is 10.1. The average molecular weight is 462 g/mol. The molecule has 1 N–H and O–H groups in total. The van der Waals surface area contributed by atoms with E-state index >= 15 is 0 Å². The summed E-state index contributed by atoms with van der Waals surface area (Å²) in [5, 5.41) is 2.88. The van der Waals surface area contributed by atoms with Crippen LogP contribution in [0.4, 0.5) is 5.69 Å². The highest BCUT2D eigenvalue weighted by Gasteiger charge is 2.34. The number of amides is 2. The molecule has 0 saturated carbocycles. The number of anilines is 1. The fourth-order valence-corrected chi connectivity index (χ4v) is 3.69. The Balaban J connectivity index is 1.51. The summed E-state index contributed by atoms with van der Waals surface area (Å²) in [6.07, 6.45) is 1.42. The smallest absolute Gasteiger partial charge is 0.353 e. The van der Waals surface area contributed by atoms with Gasteiger partial charge in [0.05, 0.1) is 17.9 Å². The first-order valence-electron chi connectivity index (χ1n) is 9.96. The minimum absolute atomic E-state index is 0.0776. The Morgan fingerprint density at radius 3 is 2.52 bits per heavy atom. The molecule has 3 aromatic rings. The van der Waals surface area contributed by atoms with Crippen molar-refractivity contribution in [3.05, 3.63) is 87.6 Å². The number of esters is 2. The highest BCUT2D eigenvalue weighted by Crippen LogP contribution is 2.24. The standard InChI is InChI=1S/C24H18N2O6S/c1-2-31-23(29)16-8-10-17(11-9-16)26-22(28)19(21(27)25-26)14-15-5-3-6-18(13-15)32-24(30)20-7-4-12-33-20/h3-14H,2H2,1H3,(H,25,27). The van der Waals surface area contributed by atoms with Gasteiger partial charge in [-0.3, -0.25) is 15.0 Å². The molecule has 8 nitrogen and oxygen atoms in total. The lowest BCUT2D eigenvalue weighted by Gasteiger charge is -2.14. The van der Waals surface area contributed by atoms with Crippen LogP contribution in [0.3, 0.4) is 0 Å². The van der Waals surface area contributed by atoms with Gasteiger partial charge >= 0.3 is 11.9 Å². The van der Waals surface area contributed by atoms with E-state index in [4.69, 9.17) is 9.47 Å². The lowest BCUT2D eigenvalue weighted by Crippen LogP contribution is -2.35. The molecule has 33 heavy (non-hydrogen) atoms. The first-order chi connectivity index (χ1) is 16.0. The zero-order chi connectivity index (χ0) is 23.4. The van der Waals surface area contributed by atoms with Crippen LogP contribution in [0.1, 0.15) is 32.5 Å². The van der Waals surface area contributed by atoms with E-state index < -0.39 is 23.8 Å². The van der Waals surface area contributed by atoms with Crippen molar-refractivity contribution >= 4 is 46.9 Å². The molecule has 2 aromatic carbocycles. The van der Waals surface area contributed by atoms with E-state index in [1.54, 1.807) is 48.7 Å². The number of rotatable bonds is 6. The largest absolute Gasteiger partial charge is 0.462 e. The summed E-state index contributed by atoms with van der Waals surface area (Å²) in [6, 6.07) is 16.0. The van der Waals surface area contributed by atoms with Crippen LogP contribution in [0.5, 0.6) is 5.75 Å². The molecular weight excluding hydrogens is 444 g/mol. The van der Waals surface area contributed by atoms with Crippen molar-refractivity contribution in [2.24, 2.45) is 0 Å². The average Bonchev–Trinajstić information content (AvgIpc) is 3.44. The SMILES string of the molecule is CCOC(=O)c1ccc(N2NC(=O)C(=Cc3cccc(OC(=O)c4cccs4)c3)C2=O)cc1. The van der Waals surface area contributed by atoms with Crippen molar-refractivity contribution in [2.75, 3.05) is 11.6 Å². The normalized spacial score (nSPS) is 14.3. The molecule has 1 aliphatic rings. The molecule has 0 bridgehead atoms. The number of hydrogen-bond donors (Lipinski definition) is 1. The predicted molar refractivity (Wildman–Crippen MR) is 122 cm³/mol. The molecule has 0 radical (unpaired) electrons. The maximum absolute atomic E-state index is 12.9. The van der Waals surface area contributed by atoms with Gasteiger partial charge in [-0.15, -0.1) is 11.3 Å². The first kappa shape index (κ1) is 22.0. The molecular formula is C24H18N2O6S. The number of hydrazine groups is 1. The van der Waals surface area contributed by atoms with Crippen molar-refractivity contribution < 1.29 is 28.7 Å². The van der Waals surface area contributed by atoms with E-state index in [9.17, 15) is 19.2 Å². The number of carbonyl (C=O) groups excluding carboxylic acids is 4. The van der Waals surface area contributed by atoms with E-state index in [0.29, 0.717) is 27.4 Å². The quantitative estimate of drug-likeness (QED) is 0.260. The monoisotopic (exact) mass is 462 g/mol. The second-order valence-electron chi connectivity index (χ2n) is 6.85. The van der Waals surface area contributed by atoms with Gasteiger partial charge < -0.3 is 9.47 Å². The Kier molecular flexibility index (Phi) is 6.32. The minimum atomic E-state index is -0.574. The minimum Gasteiger partial charge on any atom is -0.462 e. The van der Waals surface area contributed by atoms with Crippen molar-refractivity contribution in [3.8, 4) is 5.75 Å². The van der Waals surface area contributed by atoms with Crippen LogP contribution in [0.25, 0.3) is 6.08 Å². The Labute approximate surface area is 193 Å². The summed E-state index contributed by atoms with van der Waals surface area (Å²) in [7, 11) is 0. The third kappa shape index (κ3) is 4.83. The van der Waals surface area contributed by atoms with E-state index in [0.717, 1.165) is 5.01 Å². The molecule has 9 heteroatoms. The van der Waals surface area contributed by atoms with Crippen molar-refractivity contribution in [1.29, 1.82) is 0 Å². The van der Waals surface area contributed by atoms with Gasteiger partial charge in [0.15, 0.2) is 0 Å². The number of ether oxygens (including phenoxy) is 2. The fraction of sp³-hybridized carbons (Fsp3) is 0.0833. The molecule has 0 spiro atoms. The number of hydrogen-bond acceptors (Lipinski definition) is 7. The van der Waals surface area contributed by atoms with Gasteiger partial charge in [-0.2, -0.15) is 0 Å². The Bertz CT molecular complexity index is 1250. The van der Waals surface area contributed by atoms with E-state index in [1.165, 1.54) is 41.7 Å². The highest BCUT2D eigenvalue weighted by molar-refractivity contribution is 7.12. The van der Waals surface area contributed by atoms with Gasteiger partial charge in [0.2, 0.25) is 0 Å². The molecule has 2 amide bonds. The predicted octanol–water partition coefficient (Wildman–Crippen LogP) is 3.61. The number of nitrogens with zero attached hydrogens (tertiary/aromatic N) is 1. The molecule has 4 rings (SSSR count). The van der Waals surface area contributed by atoms with Gasteiger partial charge in [-0.25, -0.2) is 14.6 Å². The van der Waals surface area contributed by atoms with Gasteiger partial charge in [-0.05, 0) is 66.4 Å². The topological polar surface area (TPSA) is 102 Å². The number of carbonyl (C=O) groups is 4. The first-order valence-corrected chi connectivity index (χ1v) is 10.8. The molecule has 166 valence electrons. The summed E-state index contributed by atoms with van der Waals surface area (Å²) < 4.78 is 10.3. The summed E-state index contributed by atoms with van der Waals surface area (Å²) in [4.78, 5) is 49.7. The summed E-state index contributed by atoms with van der Waals surface area (Å²) >= 11 is 1.27. The number of benzene rings is 2. The summed E-state index contributed by atoms with van der Waals surface area (Å²) in [5.74, 6) is -1.79. The van der Waals surface area contributed by atoms with Crippen LogP contribution in [0.2, 0.25) is 0 Å². The second kappa shape index (κ2) is 9.49. The van der Waals surface area contributed by atoms with E-state index in [-0.39, 0.29) is 12.2 Å². The number of nitrogens with one attached hydrogen (secondary N) is 1. The van der Waals surface area contributed by atoms with Crippen LogP contribution in [-0.4, -0.2) is 30.4 Å². The Morgan fingerprint density at radius 2 is 1.82 bits per heavy atom. The van der Waals surface area contributed by atoms with Crippen LogP contribution >= 0.6 is 11.3 Å². The van der Waals surface area contributed by atoms with Gasteiger partial charge in [-0.1, -0.05) is 18.2 Å². The number of thiophene rings is 1. The molecule has 0 aliphatic carbocycles. The molecule has 2 heterocycles. The fourth-order valence-electron chi connectivity index (χ4n) is 3.09. The van der Waals surface area contributed by atoms with E-state index in [2.05, 4.69) is 5.43 Å². The Morgan fingerprint density at radius 1 is 1.03 bits per heavy atom. The molecule has 0 unspecified atom stereocenters. The van der Waals surface area contributed by atoms with E-state index in [1.807, 2.05) is 0 Å². The summed E-state index contributed by atoms with van der Waals surface area (Å²) in [6.45, 7) is 1.96. The van der Waals surface area contributed by atoms with Gasteiger partial charge in [0.25, 0.3) is 11.8 Å². The summed E-state index contributed by atoms with van der Waals surface area (Å²) in [5.41, 5.74) is 3.67. The van der Waals surface area contributed by atoms with Crippen LogP contribution in [0.15, 0.2) is 71.6 Å². The van der Waals surface area contributed by atoms with Crippen molar-refractivity contribution in [1.82, 2.24) is 5.43 Å². The van der Waals surface area contributed by atoms with Crippen LogP contribution in [0, 0.1) is 0 Å². The van der Waals surface area contributed by atoms with Gasteiger partial charge in [0, 0.05) is 0 Å². The highest BCUT2D eigenvalue weighted by atomic mass is 32.1. The zero-order valence-corrected chi connectivity index (χ0v) is 18.3. The zero-order valence-electron chi connectivity index (χ0n) is 17.4. The second-order valence-corrected chi connectivity index (χ2v) is 7.79. The Hall–Kier alpha value is -4.24. The third-order valence-corrected chi connectivity index (χ3v) is 5.48. The molecule has 1 saturated heterocycles. The molecule has 1 aliphatic heterocycles. The third-order valence-electron chi connectivity index (χ3n) is 4.63.